The van der Waals surface area contributed by atoms with Gasteiger partial charge >= 0.3 is 0 Å². The van der Waals surface area contributed by atoms with Gasteiger partial charge in [0.2, 0.25) is 0 Å². The highest BCUT2D eigenvalue weighted by Gasteiger charge is 2.14. The Balaban J connectivity index is 1.50. The molecule has 4 rings (SSSR count). The van der Waals surface area contributed by atoms with Crippen LogP contribution in [-0.4, -0.2) is 5.11 Å². The highest BCUT2D eigenvalue weighted by Crippen LogP contribution is 2.25. The topological polar surface area (TPSA) is 24.1 Å². The molecule has 0 fully saturated rings. The number of fused-ring (bicyclic) bond motifs is 2. The minimum absolute atomic E-state index is 0.116. The van der Waals surface area contributed by atoms with Crippen molar-refractivity contribution in [1.29, 1.82) is 0 Å². The van der Waals surface area contributed by atoms with Crippen molar-refractivity contribution in [2.45, 2.75) is 25.9 Å². The molecule has 4 aromatic rings. The first kappa shape index (κ1) is 18.5. The van der Waals surface area contributed by atoms with Crippen LogP contribution >= 0.6 is 12.2 Å². The van der Waals surface area contributed by atoms with Gasteiger partial charge in [-0.15, -0.1) is 0 Å². The number of nitrogens with one attached hydrogen (secondary N) is 2. The van der Waals surface area contributed by atoms with Gasteiger partial charge in [0.1, 0.15) is 0 Å². The Morgan fingerprint density at radius 2 is 1.00 bits per heavy atom. The SMILES string of the molecule is C[C@@H](NC(=S)N[C@H](C)c1cccc2ccccc12)c1cccc2ccccc12. The van der Waals surface area contributed by atoms with E-state index in [0.29, 0.717) is 5.11 Å². The summed E-state index contributed by atoms with van der Waals surface area (Å²) in [7, 11) is 0. The zero-order valence-corrected chi connectivity index (χ0v) is 17.0. The summed E-state index contributed by atoms with van der Waals surface area (Å²) in [6, 6.07) is 30.0. The van der Waals surface area contributed by atoms with E-state index in [1.54, 1.807) is 0 Å². The van der Waals surface area contributed by atoms with E-state index in [0.717, 1.165) is 0 Å². The molecule has 0 aliphatic heterocycles. The zero-order chi connectivity index (χ0) is 19.5. The highest BCUT2D eigenvalue weighted by atomic mass is 32.1. The Kier molecular flexibility index (Phi) is 5.27. The molecule has 0 unspecified atom stereocenters. The predicted octanol–water partition coefficient (Wildman–Crippen LogP) is 6.28. The van der Waals surface area contributed by atoms with Gasteiger partial charge in [-0.3, -0.25) is 0 Å². The molecule has 2 N–H and O–H groups in total. The molecule has 0 amide bonds. The highest BCUT2D eigenvalue weighted by molar-refractivity contribution is 7.80. The summed E-state index contributed by atoms with van der Waals surface area (Å²) in [6.45, 7) is 4.30. The smallest absolute Gasteiger partial charge is 0.167 e. The lowest BCUT2D eigenvalue weighted by Gasteiger charge is -2.23. The van der Waals surface area contributed by atoms with Crippen molar-refractivity contribution in [2.24, 2.45) is 0 Å². The first-order chi connectivity index (χ1) is 13.6. The molecule has 140 valence electrons. The lowest BCUT2D eigenvalue weighted by atomic mass is 9.99. The largest absolute Gasteiger partial charge is 0.356 e. The van der Waals surface area contributed by atoms with Gasteiger partial charge < -0.3 is 10.6 Å². The first-order valence-corrected chi connectivity index (χ1v) is 10.1. The minimum atomic E-state index is 0.116. The lowest BCUT2D eigenvalue weighted by Crippen LogP contribution is -2.38. The fraction of sp³-hybridized carbons (Fsp3) is 0.160. The molecule has 0 bridgehead atoms. The number of thiocarbonyl (C=S) groups is 1. The Morgan fingerprint density at radius 1 is 0.607 bits per heavy atom. The van der Waals surface area contributed by atoms with Crippen molar-refractivity contribution in [1.82, 2.24) is 10.6 Å². The standard InChI is InChI=1S/C25H24N2S/c1-17(21-15-7-11-19-9-3-5-13-23(19)21)26-25(28)27-18(2)22-16-8-12-20-10-4-6-14-24(20)22/h3-18H,1-2H3,(H2,26,27,28)/t17-,18-/m1/s1. The molecule has 0 spiro atoms. The number of hydrogen-bond donors (Lipinski definition) is 2. The normalized spacial score (nSPS) is 13.2. The molecule has 2 atom stereocenters. The summed E-state index contributed by atoms with van der Waals surface area (Å²) in [5, 5.41) is 12.6. The second-order valence-corrected chi connectivity index (χ2v) is 7.61. The van der Waals surface area contributed by atoms with Crippen LogP contribution in [0.4, 0.5) is 0 Å². The van der Waals surface area contributed by atoms with Crippen LogP contribution in [0.1, 0.15) is 37.1 Å². The molecule has 0 heterocycles. The first-order valence-electron chi connectivity index (χ1n) is 9.66. The molecule has 0 saturated heterocycles. The van der Waals surface area contributed by atoms with Crippen molar-refractivity contribution >= 4 is 38.9 Å². The van der Waals surface area contributed by atoms with E-state index in [9.17, 15) is 0 Å². The maximum absolute atomic E-state index is 5.63. The van der Waals surface area contributed by atoms with Gasteiger partial charge in [0.05, 0.1) is 12.1 Å². The molecule has 2 nitrogen and oxygen atoms in total. The molecular formula is C25H24N2S. The van der Waals surface area contributed by atoms with Crippen molar-refractivity contribution in [3.8, 4) is 0 Å². The number of benzene rings is 4. The molecule has 0 saturated carbocycles. The average Bonchev–Trinajstić information content (AvgIpc) is 2.72. The van der Waals surface area contributed by atoms with Gasteiger partial charge in [-0.1, -0.05) is 84.9 Å². The van der Waals surface area contributed by atoms with Crippen molar-refractivity contribution in [3.63, 3.8) is 0 Å². The zero-order valence-electron chi connectivity index (χ0n) is 16.1. The molecule has 0 aromatic heterocycles. The molecule has 0 aliphatic rings. The van der Waals surface area contributed by atoms with E-state index in [2.05, 4.69) is 109 Å². The number of rotatable bonds is 4. The summed E-state index contributed by atoms with van der Waals surface area (Å²) in [5.41, 5.74) is 2.50. The van der Waals surface area contributed by atoms with Crippen molar-refractivity contribution in [2.75, 3.05) is 0 Å². The van der Waals surface area contributed by atoms with Crippen LogP contribution in [0, 0.1) is 0 Å². The third kappa shape index (κ3) is 3.71. The third-order valence-electron chi connectivity index (χ3n) is 5.27. The molecule has 3 heteroatoms. The maximum atomic E-state index is 5.63. The van der Waals surface area contributed by atoms with Crippen LogP contribution in [0.5, 0.6) is 0 Å². The van der Waals surface area contributed by atoms with Gasteiger partial charge in [-0.25, -0.2) is 0 Å². The van der Waals surface area contributed by atoms with Crippen LogP contribution in [0.25, 0.3) is 21.5 Å². The Morgan fingerprint density at radius 3 is 1.46 bits per heavy atom. The van der Waals surface area contributed by atoms with E-state index in [-0.39, 0.29) is 12.1 Å². The predicted molar refractivity (Wildman–Crippen MR) is 124 cm³/mol. The summed E-state index contributed by atoms with van der Waals surface area (Å²) >= 11 is 5.63. The minimum Gasteiger partial charge on any atom is -0.356 e. The van der Waals surface area contributed by atoms with Crippen LogP contribution in [0.3, 0.4) is 0 Å². The Labute approximate surface area is 171 Å². The Bertz CT molecular complexity index is 1040. The van der Waals surface area contributed by atoms with Crippen molar-refractivity contribution in [3.05, 3.63) is 96.1 Å². The van der Waals surface area contributed by atoms with Gasteiger partial charge in [0, 0.05) is 0 Å². The third-order valence-corrected chi connectivity index (χ3v) is 5.51. The van der Waals surface area contributed by atoms with Crippen LogP contribution in [0.2, 0.25) is 0 Å². The van der Waals surface area contributed by atoms with Crippen LogP contribution < -0.4 is 10.6 Å². The summed E-state index contributed by atoms with van der Waals surface area (Å²) < 4.78 is 0. The van der Waals surface area contributed by atoms with E-state index in [1.165, 1.54) is 32.7 Å². The summed E-state index contributed by atoms with van der Waals surface area (Å²) in [4.78, 5) is 0. The van der Waals surface area contributed by atoms with E-state index in [4.69, 9.17) is 12.2 Å². The van der Waals surface area contributed by atoms with Crippen LogP contribution in [-0.2, 0) is 0 Å². The van der Waals surface area contributed by atoms with Gasteiger partial charge in [0.15, 0.2) is 5.11 Å². The van der Waals surface area contributed by atoms with Gasteiger partial charge in [-0.2, -0.15) is 0 Å². The maximum Gasteiger partial charge on any atom is 0.167 e. The van der Waals surface area contributed by atoms with E-state index < -0.39 is 0 Å². The molecule has 28 heavy (non-hydrogen) atoms. The fourth-order valence-electron chi connectivity index (χ4n) is 3.85. The summed E-state index contributed by atoms with van der Waals surface area (Å²) in [5.74, 6) is 0. The second kappa shape index (κ2) is 7.99. The quantitative estimate of drug-likeness (QED) is 0.405. The molecule has 0 aliphatic carbocycles. The van der Waals surface area contributed by atoms with Gasteiger partial charge in [-0.05, 0) is 58.7 Å². The summed E-state index contributed by atoms with van der Waals surface area (Å²) in [6.07, 6.45) is 0. The number of hydrogen-bond acceptors (Lipinski definition) is 1. The molecular weight excluding hydrogens is 360 g/mol. The van der Waals surface area contributed by atoms with Crippen LogP contribution in [0.15, 0.2) is 84.9 Å². The Hall–Kier alpha value is -2.91. The second-order valence-electron chi connectivity index (χ2n) is 7.20. The van der Waals surface area contributed by atoms with E-state index >= 15 is 0 Å². The fourth-order valence-corrected chi connectivity index (χ4v) is 4.20. The van der Waals surface area contributed by atoms with Crippen molar-refractivity contribution < 1.29 is 0 Å². The molecule has 0 radical (unpaired) electrons. The monoisotopic (exact) mass is 384 g/mol. The van der Waals surface area contributed by atoms with E-state index in [1.807, 2.05) is 0 Å². The molecule has 4 aromatic carbocycles. The lowest BCUT2D eigenvalue weighted by molar-refractivity contribution is 0.661. The average molecular weight is 385 g/mol. The van der Waals surface area contributed by atoms with Gasteiger partial charge in [0.25, 0.3) is 0 Å².